The molecule has 0 saturated heterocycles. The second-order valence-electron chi connectivity index (χ2n) is 9.32. The number of amides is 2. The van der Waals surface area contributed by atoms with Gasteiger partial charge in [0.25, 0.3) is 0 Å². The fraction of sp³-hybridized carbons (Fsp3) is 0.464. The number of carboxylic acid groups (broad SMARTS) is 1. The van der Waals surface area contributed by atoms with E-state index in [9.17, 15) is 14.4 Å². The number of hydrogen-bond acceptors (Lipinski definition) is 4. The third-order valence-corrected chi connectivity index (χ3v) is 6.83. The predicted octanol–water partition coefficient (Wildman–Crippen LogP) is 5.09. The predicted molar refractivity (Wildman–Crippen MR) is 135 cm³/mol. The Morgan fingerprint density at radius 2 is 1.54 bits per heavy atom. The summed E-state index contributed by atoms with van der Waals surface area (Å²) in [6.45, 7) is 6.14. The van der Waals surface area contributed by atoms with E-state index in [-0.39, 0.29) is 36.8 Å². The number of nitrogens with one attached hydrogen (secondary N) is 2. The Hall–Kier alpha value is -3.35. The van der Waals surface area contributed by atoms with Gasteiger partial charge in [-0.25, -0.2) is 4.79 Å². The number of carbonyl (C=O) groups is 3. The van der Waals surface area contributed by atoms with E-state index in [4.69, 9.17) is 9.84 Å². The zero-order chi connectivity index (χ0) is 25.4. The average Bonchev–Trinajstić information content (AvgIpc) is 3.18. The van der Waals surface area contributed by atoms with Crippen LogP contribution < -0.4 is 10.6 Å². The van der Waals surface area contributed by atoms with Gasteiger partial charge in [-0.15, -0.1) is 0 Å². The fourth-order valence-electron chi connectivity index (χ4n) is 4.56. The van der Waals surface area contributed by atoms with Gasteiger partial charge in [-0.1, -0.05) is 75.7 Å². The van der Waals surface area contributed by atoms with Crippen molar-refractivity contribution in [2.45, 2.75) is 70.9 Å². The second-order valence-corrected chi connectivity index (χ2v) is 9.32. The molecule has 2 amide bonds. The number of fused-ring (bicyclic) bond motifs is 3. The molecule has 0 aromatic heterocycles. The fourth-order valence-corrected chi connectivity index (χ4v) is 4.56. The summed E-state index contributed by atoms with van der Waals surface area (Å²) in [4.78, 5) is 36.7. The molecule has 0 aliphatic heterocycles. The van der Waals surface area contributed by atoms with E-state index in [2.05, 4.69) is 34.9 Å². The van der Waals surface area contributed by atoms with Crippen molar-refractivity contribution in [3.8, 4) is 11.1 Å². The van der Waals surface area contributed by atoms with Crippen LogP contribution in [-0.4, -0.2) is 41.8 Å². The minimum atomic E-state index is -0.898. The van der Waals surface area contributed by atoms with E-state index < -0.39 is 18.1 Å². The summed E-state index contributed by atoms with van der Waals surface area (Å²) in [7, 11) is 0. The van der Waals surface area contributed by atoms with Crippen LogP contribution in [0.5, 0.6) is 0 Å². The van der Waals surface area contributed by atoms with Crippen LogP contribution in [0.3, 0.4) is 0 Å². The molecule has 7 nitrogen and oxygen atoms in total. The van der Waals surface area contributed by atoms with Crippen molar-refractivity contribution in [2.24, 2.45) is 5.92 Å². The van der Waals surface area contributed by atoms with Crippen LogP contribution in [0.15, 0.2) is 48.5 Å². The number of carbonyl (C=O) groups excluding carboxylic acids is 2. The van der Waals surface area contributed by atoms with E-state index >= 15 is 0 Å². The number of aliphatic carboxylic acids is 1. The van der Waals surface area contributed by atoms with Crippen molar-refractivity contribution in [1.82, 2.24) is 10.6 Å². The molecular weight excluding hydrogens is 444 g/mol. The lowest BCUT2D eigenvalue weighted by molar-refractivity contribution is -0.137. The molecule has 0 radical (unpaired) electrons. The number of ether oxygens (including phenoxy) is 1. The molecule has 0 bridgehead atoms. The Bertz CT molecular complexity index is 992. The number of carboxylic acids is 1. The molecule has 0 heterocycles. The van der Waals surface area contributed by atoms with Gasteiger partial charge in [0.15, 0.2) is 0 Å². The van der Waals surface area contributed by atoms with Crippen LogP contribution in [-0.2, 0) is 14.3 Å². The topological polar surface area (TPSA) is 105 Å². The quantitative estimate of drug-likeness (QED) is 0.392. The molecule has 3 unspecified atom stereocenters. The Kier molecular flexibility index (Phi) is 9.29. The number of rotatable bonds is 12. The lowest BCUT2D eigenvalue weighted by atomic mass is 9.98. The molecule has 2 aromatic rings. The molecule has 3 atom stereocenters. The van der Waals surface area contributed by atoms with Gasteiger partial charge in [0.2, 0.25) is 5.91 Å². The molecule has 1 aliphatic rings. The first-order valence-corrected chi connectivity index (χ1v) is 12.5. The molecule has 7 heteroatoms. The largest absolute Gasteiger partial charge is 0.481 e. The summed E-state index contributed by atoms with van der Waals surface area (Å²) >= 11 is 0. The van der Waals surface area contributed by atoms with Crippen LogP contribution >= 0.6 is 0 Å². The van der Waals surface area contributed by atoms with Crippen molar-refractivity contribution < 1.29 is 24.2 Å². The van der Waals surface area contributed by atoms with Crippen LogP contribution in [0.1, 0.15) is 69.9 Å². The maximum absolute atomic E-state index is 13.0. The molecule has 1 aliphatic carbocycles. The Labute approximate surface area is 207 Å². The summed E-state index contributed by atoms with van der Waals surface area (Å²) in [5.74, 6) is -1.05. The molecule has 3 N–H and O–H groups in total. The van der Waals surface area contributed by atoms with Crippen molar-refractivity contribution in [2.75, 3.05) is 6.61 Å². The highest BCUT2D eigenvalue weighted by Gasteiger charge is 2.30. The Morgan fingerprint density at radius 1 is 0.943 bits per heavy atom. The van der Waals surface area contributed by atoms with E-state index in [1.807, 2.05) is 45.0 Å². The first kappa shape index (κ1) is 26.3. The molecule has 0 spiro atoms. The highest BCUT2D eigenvalue weighted by Crippen LogP contribution is 2.44. The SMILES string of the molecule is CCC(C)CC(NC(=O)OCC1c2ccccc2-c2ccccc21)C(=O)NC(CC)CCC(=O)O. The van der Waals surface area contributed by atoms with Gasteiger partial charge in [0.1, 0.15) is 12.6 Å². The molecule has 2 aromatic carbocycles. The normalized spacial score (nSPS) is 14.8. The third kappa shape index (κ3) is 6.84. The first-order valence-electron chi connectivity index (χ1n) is 12.5. The van der Waals surface area contributed by atoms with Gasteiger partial charge in [-0.05, 0) is 47.4 Å². The number of alkyl carbamates (subject to hydrolysis) is 1. The standard InChI is InChI=1S/C28H36N2O5/c1-4-18(3)16-25(27(33)29-19(5-2)14-15-26(31)32)30-28(34)35-17-24-22-12-8-6-10-20(22)21-11-7-9-13-23(21)24/h6-13,18-19,24-25H,4-5,14-17H2,1-3H3,(H,29,33)(H,30,34)(H,31,32). The van der Waals surface area contributed by atoms with E-state index in [0.29, 0.717) is 19.3 Å². The zero-order valence-corrected chi connectivity index (χ0v) is 20.8. The Morgan fingerprint density at radius 3 is 2.09 bits per heavy atom. The maximum Gasteiger partial charge on any atom is 0.407 e. The average molecular weight is 481 g/mol. The summed E-state index contributed by atoms with van der Waals surface area (Å²) < 4.78 is 5.64. The van der Waals surface area contributed by atoms with Crippen molar-refractivity contribution in [3.05, 3.63) is 59.7 Å². The highest BCUT2D eigenvalue weighted by atomic mass is 16.5. The lowest BCUT2D eigenvalue weighted by Crippen LogP contribution is -2.50. The van der Waals surface area contributed by atoms with Gasteiger partial charge in [-0.3, -0.25) is 9.59 Å². The molecule has 0 saturated carbocycles. The summed E-state index contributed by atoms with van der Waals surface area (Å²) in [5.41, 5.74) is 4.55. The number of benzene rings is 2. The minimum absolute atomic E-state index is 0.0192. The van der Waals surface area contributed by atoms with E-state index in [0.717, 1.165) is 28.7 Å². The minimum Gasteiger partial charge on any atom is -0.481 e. The van der Waals surface area contributed by atoms with Crippen LogP contribution in [0.2, 0.25) is 0 Å². The van der Waals surface area contributed by atoms with Crippen molar-refractivity contribution >= 4 is 18.0 Å². The maximum atomic E-state index is 13.0. The van der Waals surface area contributed by atoms with Gasteiger partial charge in [0.05, 0.1) is 0 Å². The summed E-state index contributed by atoms with van der Waals surface area (Å²) in [6, 6.07) is 15.2. The van der Waals surface area contributed by atoms with Crippen molar-refractivity contribution in [3.63, 3.8) is 0 Å². The molecule has 35 heavy (non-hydrogen) atoms. The van der Waals surface area contributed by atoms with Crippen LogP contribution in [0.4, 0.5) is 4.79 Å². The summed E-state index contributed by atoms with van der Waals surface area (Å²) in [6.07, 6.45) is 1.65. The van der Waals surface area contributed by atoms with E-state index in [1.165, 1.54) is 0 Å². The molecule has 0 fully saturated rings. The zero-order valence-electron chi connectivity index (χ0n) is 20.8. The van der Waals surface area contributed by atoms with Crippen molar-refractivity contribution in [1.29, 1.82) is 0 Å². The summed E-state index contributed by atoms with van der Waals surface area (Å²) in [5, 5.41) is 14.6. The van der Waals surface area contributed by atoms with Gasteiger partial charge in [-0.2, -0.15) is 0 Å². The van der Waals surface area contributed by atoms with E-state index in [1.54, 1.807) is 0 Å². The third-order valence-electron chi connectivity index (χ3n) is 6.83. The lowest BCUT2D eigenvalue weighted by Gasteiger charge is -2.24. The molecular formula is C28H36N2O5. The first-order chi connectivity index (χ1) is 16.8. The number of hydrogen-bond donors (Lipinski definition) is 3. The highest BCUT2D eigenvalue weighted by molar-refractivity contribution is 5.86. The smallest absolute Gasteiger partial charge is 0.407 e. The molecule has 188 valence electrons. The molecule has 3 rings (SSSR count). The van der Waals surface area contributed by atoms with Gasteiger partial charge in [0, 0.05) is 18.4 Å². The van der Waals surface area contributed by atoms with Gasteiger partial charge >= 0.3 is 12.1 Å². The van der Waals surface area contributed by atoms with Gasteiger partial charge < -0.3 is 20.5 Å². The Balaban J connectivity index is 1.65. The van der Waals surface area contributed by atoms with Crippen LogP contribution in [0, 0.1) is 5.92 Å². The van der Waals surface area contributed by atoms with Crippen LogP contribution in [0.25, 0.3) is 11.1 Å². The monoisotopic (exact) mass is 480 g/mol. The second kappa shape index (κ2) is 12.4.